The van der Waals surface area contributed by atoms with Crippen LogP contribution >= 0.6 is 11.6 Å². The number of likely N-dealkylation sites (tertiary alicyclic amines) is 1. The molecule has 0 saturated carbocycles. The van der Waals surface area contributed by atoms with Gasteiger partial charge in [-0.2, -0.15) is 0 Å². The largest absolute Gasteiger partial charge is 0.507 e. The van der Waals surface area contributed by atoms with Gasteiger partial charge in [0.05, 0.1) is 18.7 Å². The minimum absolute atomic E-state index is 0.105. The number of rotatable bonds is 8. The molecule has 0 bridgehead atoms. The monoisotopic (exact) mass is 455 g/mol. The maximum absolute atomic E-state index is 13.1. The standard InChI is InChI=1S/C26H30ClNO4/c1-5-6-7-14-28-23(17-8-11-19(27)12-9-17)22(25(30)26(28)31)24(29)18-10-13-21(32-4)20(15-18)16(2)3/h8-13,15-16,23,29H,5-7,14H2,1-4H3/b24-22-. The number of unbranched alkanes of at least 4 members (excludes halogenated alkanes) is 2. The van der Waals surface area contributed by atoms with Crippen LogP contribution in [0.5, 0.6) is 5.75 Å². The molecule has 1 saturated heterocycles. The van der Waals surface area contributed by atoms with Crippen LogP contribution in [0.3, 0.4) is 0 Å². The Morgan fingerprint density at radius 2 is 1.81 bits per heavy atom. The molecule has 0 aliphatic carbocycles. The summed E-state index contributed by atoms with van der Waals surface area (Å²) in [7, 11) is 1.60. The van der Waals surface area contributed by atoms with E-state index >= 15 is 0 Å². The first-order valence-corrected chi connectivity index (χ1v) is 11.4. The Labute approximate surface area is 194 Å². The lowest BCUT2D eigenvalue weighted by Crippen LogP contribution is -2.30. The minimum atomic E-state index is -0.666. The van der Waals surface area contributed by atoms with Gasteiger partial charge in [0.25, 0.3) is 11.7 Å². The minimum Gasteiger partial charge on any atom is -0.507 e. The molecule has 170 valence electrons. The molecule has 1 aliphatic heterocycles. The van der Waals surface area contributed by atoms with Gasteiger partial charge in [0.1, 0.15) is 11.5 Å². The van der Waals surface area contributed by atoms with Crippen LogP contribution in [-0.2, 0) is 9.59 Å². The Kier molecular flexibility index (Phi) is 7.62. The number of carbonyl (C=O) groups excluding carboxylic acids is 2. The van der Waals surface area contributed by atoms with Crippen LogP contribution in [0, 0.1) is 0 Å². The smallest absolute Gasteiger partial charge is 0.295 e. The SMILES string of the molecule is CCCCCN1C(=O)C(=O)/C(=C(\O)c2ccc(OC)c(C(C)C)c2)C1c1ccc(Cl)cc1. The summed E-state index contributed by atoms with van der Waals surface area (Å²) in [6, 6.07) is 11.7. The van der Waals surface area contributed by atoms with Gasteiger partial charge in [0, 0.05) is 17.1 Å². The van der Waals surface area contributed by atoms with E-state index in [1.165, 1.54) is 0 Å². The zero-order valence-electron chi connectivity index (χ0n) is 19.0. The maximum Gasteiger partial charge on any atom is 0.295 e. The van der Waals surface area contributed by atoms with Crippen molar-refractivity contribution in [1.29, 1.82) is 0 Å². The van der Waals surface area contributed by atoms with Gasteiger partial charge in [0.15, 0.2) is 0 Å². The summed E-state index contributed by atoms with van der Waals surface area (Å²) in [5.74, 6) is -0.557. The van der Waals surface area contributed by atoms with E-state index in [4.69, 9.17) is 16.3 Å². The molecule has 32 heavy (non-hydrogen) atoms. The number of ether oxygens (including phenoxy) is 1. The fourth-order valence-electron chi connectivity index (χ4n) is 4.12. The molecular formula is C26H30ClNO4. The first kappa shape index (κ1) is 23.9. The van der Waals surface area contributed by atoms with E-state index in [0.29, 0.717) is 22.9 Å². The van der Waals surface area contributed by atoms with Crippen molar-refractivity contribution in [2.45, 2.75) is 52.0 Å². The fourth-order valence-corrected chi connectivity index (χ4v) is 4.25. The van der Waals surface area contributed by atoms with Gasteiger partial charge < -0.3 is 14.7 Å². The molecule has 5 nitrogen and oxygen atoms in total. The topological polar surface area (TPSA) is 66.8 Å². The van der Waals surface area contributed by atoms with Gasteiger partial charge in [-0.1, -0.05) is 57.3 Å². The second-order valence-corrected chi connectivity index (χ2v) is 8.80. The lowest BCUT2D eigenvalue weighted by atomic mass is 9.93. The van der Waals surface area contributed by atoms with Crippen molar-refractivity contribution in [3.63, 3.8) is 0 Å². The molecule has 1 unspecified atom stereocenters. The second-order valence-electron chi connectivity index (χ2n) is 8.36. The number of aliphatic hydroxyl groups is 1. The van der Waals surface area contributed by atoms with E-state index in [0.717, 1.165) is 30.4 Å². The first-order valence-electron chi connectivity index (χ1n) is 11.0. The zero-order chi connectivity index (χ0) is 23.4. The number of ketones is 1. The van der Waals surface area contributed by atoms with Crippen LogP contribution in [0.4, 0.5) is 0 Å². The number of carbonyl (C=O) groups is 2. The molecule has 1 atom stereocenters. The molecule has 0 aromatic heterocycles. The summed E-state index contributed by atoms with van der Waals surface area (Å²) in [6.45, 7) is 6.59. The summed E-state index contributed by atoms with van der Waals surface area (Å²) in [5, 5.41) is 11.8. The third-order valence-corrected chi connectivity index (χ3v) is 6.11. The summed E-state index contributed by atoms with van der Waals surface area (Å²) in [6.07, 6.45) is 2.74. The van der Waals surface area contributed by atoms with Crippen molar-refractivity contribution >= 4 is 29.1 Å². The molecule has 0 spiro atoms. The average molecular weight is 456 g/mol. The Morgan fingerprint density at radius 1 is 1.12 bits per heavy atom. The number of hydrogen-bond acceptors (Lipinski definition) is 4. The van der Waals surface area contributed by atoms with Gasteiger partial charge in [0.2, 0.25) is 0 Å². The van der Waals surface area contributed by atoms with Gasteiger partial charge >= 0.3 is 0 Å². The first-order chi connectivity index (χ1) is 15.3. The molecule has 0 radical (unpaired) electrons. The molecule has 3 rings (SSSR count). The molecular weight excluding hydrogens is 426 g/mol. The highest BCUT2D eigenvalue weighted by atomic mass is 35.5. The number of hydrogen-bond donors (Lipinski definition) is 1. The van der Waals surface area contributed by atoms with Gasteiger partial charge in [-0.05, 0) is 53.8 Å². The molecule has 1 aliphatic rings. The van der Waals surface area contributed by atoms with Gasteiger partial charge in [-0.25, -0.2) is 0 Å². The average Bonchev–Trinajstić information content (AvgIpc) is 3.03. The van der Waals surface area contributed by atoms with E-state index in [9.17, 15) is 14.7 Å². The van der Waals surface area contributed by atoms with Crippen molar-refractivity contribution in [3.8, 4) is 5.75 Å². The molecule has 2 aromatic carbocycles. The van der Waals surface area contributed by atoms with Crippen molar-refractivity contribution in [2.75, 3.05) is 13.7 Å². The van der Waals surface area contributed by atoms with E-state index in [-0.39, 0.29) is 17.3 Å². The Morgan fingerprint density at radius 3 is 2.41 bits per heavy atom. The third kappa shape index (κ3) is 4.68. The summed E-state index contributed by atoms with van der Waals surface area (Å²) >= 11 is 6.06. The summed E-state index contributed by atoms with van der Waals surface area (Å²) < 4.78 is 5.44. The van der Waals surface area contributed by atoms with Crippen LogP contribution in [0.2, 0.25) is 5.02 Å². The molecule has 2 aromatic rings. The highest BCUT2D eigenvalue weighted by Crippen LogP contribution is 2.40. The van der Waals surface area contributed by atoms with Gasteiger partial charge in [-0.15, -0.1) is 0 Å². The van der Waals surface area contributed by atoms with E-state index in [1.807, 2.05) is 19.9 Å². The molecule has 1 amide bonds. The molecule has 1 fully saturated rings. The number of Topliss-reactive ketones (excluding diaryl/α,β-unsaturated/α-hetero) is 1. The normalized spacial score (nSPS) is 17.9. The van der Waals surface area contributed by atoms with Crippen molar-refractivity contribution < 1.29 is 19.4 Å². The predicted octanol–water partition coefficient (Wildman–Crippen LogP) is 6.08. The molecule has 6 heteroatoms. The van der Waals surface area contributed by atoms with Gasteiger partial charge in [-0.3, -0.25) is 9.59 Å². The quantitative estimate of drug-likeness (QED) is 0.226. The van der Waals surface area contributed by atoms with E-state index in [2.05, 4.69) is 6.92 Å². The van der Waals surface area contributed by atoms with Crippen molar-refractivity contribution in [1.82, 2.24) is 4.90 Å². The molecule has 1 N–H and O–H groups in total. The Balaban J connectivity index is 2.15. The third-order valence-electron chi connectivity index (χ3n) is 5.85. The van der Waals surface area contributed by atoms with Crippen molar-refractivity contribution in [3.05, 3.63) is 69.8 Å². The number of methoxy groups -OCH3 is 1. The maximum atomic E-state index is 13.1. The number of halogens is 1. The zero-order valence-corrected chi connectivity index (χ0v) is 19.8. The Hall–Kier alpha value is -2.79. The number of aliphatic hydroxyl groups excluding tert-OH is 1. The van der Waals surface area contributed by atoms with Crippen LogP contribution in [0.1, 0.15) is 68.7 Å². The van der Waals surface area contributed by atoms with Crippen LogP contribution in [0.15, 0.2) is 48.0 Å². The van der Waals surface area contributed by atoms with Crippen LogP contribution < -0.4 is 4.74 Å². The van der Waals surface area contributed by atoms with E-state index < -0.39 is 17.7 Å². The molecule has 1 heterocycles. The van der Waals surface area contributed by atoms with Crippen LogP contribution in [0.25, 0.3) is 5.76 Å². The second kappa shape index (κ2) is 10.2. The van der Waals surface area contributed by atoms with E-state index in [1.54, 1.807) is 48.4 Å². The lowest BCUT2D eigenvalue weighted by Gasteiger charge is -2.25. The summed E-state index contributed by atoms with van der Waals surface area (Å²) in [5.41, 5.74) is 2.25. The van der Waals surface area contributed by atoms with Crippen LogP contribution in [-0.4, -0.2) is 35.4 Å². The van der Waals surface area contributed by atoms with Crippen molar-refractivity contribution in [2.24, 2.45) is 0 Å². The number of benzene rings is 2. The summed E-state index contributed by atoms with van der Waals surface area (Å²) in [4.78, 5) is 27.6. The fraction of sp³-hybridized carbons (Fsp3) is 0.385. The Bertz CT molecular complexity index is 1030. The lowest BCUT2D eigenvalue weighted by molar-refractivity contribution is -0.139. The number of amides is 1. The highest BCUT2D eigenvalue weighted by Gasteiger charge is 2.45. The highest BCUT2D eigenvalue weighted by molar-refractivity contribution is 6.46. The number of nitrogens with zero attached hydrogens (tertiary/aromatic N) is 1. The predicted molar refractivity (Wildman–Crippen MR) is 127 cm³/mol.